The molecule has 0 aliphatic carbocycles. The summed E-state index contributed by atoms with van der Waals surface area (Å²) in [4.78, 5) is 40.9. The van der Waals surface area contributed by atoms with Gasteiger partial charge < -0.3 is 28.7 Å². The first-order chi connectivity index (χ1) is 12.4. The molecule has 0 unspecified atom stereocenters. The number of hydrogen-bond acceptors (Lipinski definition) is 10. The average molecular weight is 564 g/mol. The van der Waals surface area contributed by atoms with Crippen molar-refractivity contribution in [1.29, 1.82) is 0 Å². The first-order valence-electron chi connectivity index (χ1n) is 6.63. The van der Waals surface area contributed by atoms with Gasteiger partial charge in [-0.2, -0.15) is 16.8 Å². The molecule has 0 aliphatic rings. The molecular weight excluding hydrogens is 553 g/mol. The Morgan fingerprint density at radius 3 is 0.931 bits per heavy atom. The maximum absolute atomic E-state index is 10.5. The Balaban J connectivity index is 0.000000523. The van der Waals surface area contributed by atoms with Crippen LogP contribution in [-0.4, -0.2) is 25.9 Å². The van der Waals surface area contributed by atoms with Crippen LogP contribution in [0.5, 0.6) is 0 Å². The fourth-order valence-corrected chi connectivity index (χ4v) is 3.59. The molecule has 0 saturated carbocycles. The van der Waals surface area contributed by atoms with Gasteiger partial charge in [-0.05, 0) is 50.1 Å². The minimum Gasteiger partial charge on any atom is -0.807 e. The van der Waals surface area contributed by atoms with E-state index in [1.165, 1.54) is 0 Å². The summed E-state index contributed by atoms with van der Waals surface area (Å²) in [7, 11) is -18.5. The van der Waals surface area contributed by atoms with E-state index in [1.54, 1.807) is 0 Å². The second kappa shape index (κ2) is 10.2. The summed E-state index contributed by atoms with van der Waals surface area (Å²) in [6.07, 6.45) is 0. The smallest absolute Gasteiger partial charge is 0.807 e. The van der Waals surface area contributed by atoms with E-state index >= 15 is 0 Å². The van der Waals surface area contributed by atoms with Crippen molar-refractivity contribution in [2.75, 3.05) is 0 Å². The standard InChI is InChI=1S/2C6H7O6PS.Zr/c2*7-13(8,9)5-1-3-6(4-2-5)14(10,11)12;/h2*1-4H,(H2,7,8,9)(H,10,11,12);/q;;+4/p-4. The van der Waals surface area contributed by atoms with Crippen LogP contribution in [0, 0.1) is 0 Å². The third kappa shape index (κ3) is 9.41. The first-order valence-corrected chi connectivity index (χ1v) is 12.6. The molecule has 2 rings (SSSR count). The van der Waals surface area contributed by atoms with Crippen molar-refractivity contribution in [2.24, 2.45) is 0 Å². The molecule has 156 valence electrons. The van der Waals surface area contributed by atoms with E-state index in [4.69, 9.17) is 9.11 Å². The normalized spacial score (nSPS) is 12.3. The zero-order valence-electron chi connectivity index (χ0n) is 13.8. The Kier molecular flexibility index (Phi) is 9.97. The Morgan fingerprint density at radius 1 is 0.586 bits per heavy atom. The molecule has 0 atom stereocenters. The van der Waals surface area contributed by atoms with Gasteiger partial charge in [0, 0.05) is 0 Å². The van der Waals surface area contributed by atoms with E-state index in [0.717, 1.165) is 48.5 Å². The molecule has 0 radical (unpaired) electrons. The summed E-state index contributed by atoms with van der Waals surface area (Å²) < 4.78 is 80.1. The summed E-state index contributed by atoms with van der Waals surface area (Å²) in [5, 5.41) is -1.05. The van der Waals surface area contributed by atoms with E-state index in [-0.39, 0.29) is 26.2 Å². The topological polar surface area (TPSA) is 235 Å². The van der Waals surface area contributed by atoms with Crippen molar-refractivity contribution in [3.63, 3.8) is 0 Å². The molecule has 0 heterocycles. The Morgan fingerprint density at radius 2 is 0.793 bits per heavy atom. The van der Waals surface area contributed by atoms with E-state index in [1.807, 2.05) is 0 Å². The summed E-state index contributed by atoms with van der Waals surface area (Å²) >= 11 is 0. The van der Waals surface area contributed by atoms with Gasteiger partial charge in [0.2, 0.25) is 0 Å². The van der Waals surface area contributed by atoms with Crippen molar-refractivity contribution >= 4 is 46.0 Å². The van der Waals surface area contributed by atoms with Gasteiger partial charge in [0.05, 0.1) is 9.79 Å². The largest absolute Gasteiger partial charge is 4.00 e. The summed E-state index contributed by atoms with van der Waals surface area (Å²) in [6.45, 7) is 0. The van der Waals surface area contributed by atoms with Gasteiger partial charge in [-0.1, -0.05) is 24.3 Å². The van der Waals surface area contributed by atoms with Crippen LogP contribution in [0.4, 0.5) is 0 Å². The molecule has 2 aromatic carbocycles. The summed E-state index contributed by atoms with van der Waals surface area (Å²) in [5.41, 5.74) is 0. The number of benzene rings is 2. The molecule has 0 aliphatic heterocycles. The minimum absolute atomic E-state index is 0. The Labute approximate surface area is 184 Å². The second-order valence-electron chi connectivity index (χ2n) is 4.93. The molecule has 0 spiro atoms. The fraction of sp³-hybridized carbons (Fsp3) is 0. The van der Waals surface area contributed by atoms with Crippen LogP contribution < -0.4 is 30.2 Å². The fourth-order valence-electron chi connectivity index (χ4n) is 1.60. The SMILES string of the molecule is O=P([O-])([O-])c1ccc(S(=O)(=O)O)cc1.O=P([O-])([O-])c1ccc(S(=O)(=O)O)cc1.[Zr+4]. The Bertz CT molecular complexity index is 1040. The first kappa shape index (κ1) is 28.4. The van der Waals surface area contributed by atoms with Crippen molar-refractivity contribution in [3.8, 4) is 0 Å². The van der Waals surface area contributed by atoms with Crippen LogP contribution in [0.25, 0.3) is 0 Å². The van der Waals surface area contributed by atoms with E-state index < -0.39 is 55.8 Å². The third-order valence-corrected chi connectivity index (χ3v) is 6.50. The van der Waals surface area contributed by atoms with Crippen LogP contribution in [0.1, 0.15) is 0 Å². The van der Waals surface area contributed by atoms with Gasteiger partial charge in [-0.15, -0.1) is 0 Å². The van der Waals surface area contributed by atoms with Crippen LogP contribution in [-0.2, 0) is 55.6 Å². The van der Waals surface area contributed by atoms with Gasteiger partial charge in [0.15, 0.2) is 0 Å². The van der Waals surface area contributed by atoms with E-state index in [2.05, 4.69) is 0 Å². The van der Waals surface area contributed by atoms with Crippen LogP contribution >= 0.6 is 15.2 Å². The number of hydrogen-bond donors (Lipinski definition) is 2. The van der Waals surface area contributed by atoms with Gasteiger partial charge >= 0.3 is 26.2 Å². The molecule has 0 bridgehead atoms. The predicted molar refractivity (Wildman–Crippen MR) is 87.0 cm³/mol. The molecular formula is C12H10O12P2S2Zr. The number of rotatable bonds is 4. The molecule has 2 aromatic rings. The molecule has 12 nitrogen and oxygen atoms in total. The molecule has 0 saturated heterocycles. The molecule has 0 amide bonds. The molecule has 17 heteroatoms. The zero-order valence-corrected chi connectivity index (χ0v) is 19.7. The zero-order chi connectivity index (χ0) is 22.0. The van der Waals surface area contributed by atoms with Gasteiger partial charge in [0.1, 0.15) is 0 Å². The van der Waals surface area contributed by atoms with Crippen molar-refractivity contribution < 1.29 is 80.8 Å². The molecule has 29 heavy (non-hydrogen) atoms. The van der Waals surface area contributed by atoms with Gasteiger partial charge in [-0.3, -0.25) is 9.11 Å². The van der Waals surface area contributed by atoms with E-state index in [0.29, 0.717) is 0 Å². The Hall–Kier alpha value is -0.557. The van der Waals surface area contributed by atoms with Gasteiger partial charge in [0.25, 0.3) is 20.2 Å². The second-order valence-corrected chi connectivity index (χ2v) is 10.8. The van der Waals surface area contributed by atoms with Crippen LogP contribution in [0.15, 0.2) is 58.3 Å². The molecule has 2 N–H and O–H groups in total. The minimum atomic E-state index is -4.87. The quantitative estimate of drug-likeness (QED) is 0.279. The average Bonchev–Trinajstić information content (AvgIpc) is 2.52. The van der Waals surface area contributed by atoms with Gasteiger partial charge in [-0.25, -0.2) is 0 Å². The molecule has 0 fully saturated rings. The predicted octanol–water partition coefficient (Wildman–Crippen LogP) is -3.06. The maximum atomic E-state index is 10.5. The van der Waals surface area contributed by atoms with Crippen molar-refractivity contribution in [3.05, 3.63) is 48.5 Å². The summed E-state index contributed by atoms with van der Waals surface area (Å²) in [6, 6.07) is 6.65. The van der Waals surface area contributed by atoms with Crippen LogP contribution in [0.2, 0.25) is 0 Å². The van der Waals surface area contributed by atoms with Crippen molar-refractivity contribution in [2.45, 2.75) is 9.79 Å². The maximum Gasteiger partial charge on any atom is 4.00 e. The monoisotopic (exact) mass is 562 g/mol. The van der Waals surface area contributed by atoms with Crippen LogP contribution in [0.3, 0.4) is 0 Å². The third-order valence-electron chi connectivity index (χ3n) is 2.90. The summed E-state index contributed by atoms with van der Waals surface area (Å²) in [5.74, 6) is 0. The van der Waals surface area contributed by atoms with Crippen molar-refractivity contribution in [1.82, 2.24) is 0 Å². The molecule has 0 aromatic heterocycles. The van der Waals surface area contributed by atoms with E-state index in [9.17, 15) is 45.5 Å².